The molecule has 4 aromatic rings. The first-order valence-corrected chi connectivity index (χ1v) is 10.2. The van der Waals surface area contributed by atoms with E-state index in [-0.39, 0.29) is 11.7 Å². The summed E-state index contributed by atoms with van der Waals surface area (Å²) in [6.07, 6.45) is 4.16. The monoisotopic (exact) mass is 414 g/mol. The largest absolute Gasteiger partial charge is 0.469 e. The van der Waals surface area contributed by atoms with Gasteiger partial charge in [-0.2, -0.15) is 4.57 Å². The minimum absolute atomic E-state index is 0.113. The molecule has 1 N–H and O–H groups in total. The number of nitrogens with zero attached hydrogens (tertiary/aromatic N) is 2. The number of carbonyl (C=O) groups is 1. The molecule has 0 saturated carbocycles. The number of anilines is 1. The number of benzene rings is 2. The van der Waals surface area contributed by atoms with E-state index in [1.807, 2.05) is 36.4 Å². The van der Waals surface area contributed by atoms with E-state index in [4.69, 9.17) is 9.40 Å². The Hall–Kier alpha value is -3.80. The summed E-state index contributed by atoms with van der Waals surface area (Å²) in [6, 6.07) is 18.3. The van der Waals surface area contributed by atoms with Gasteiger partial charge in [0.25, 0.3) is 0 Å². The zero-order valence-electron chi connectivity index (χ0n) is 17.0. The van der Waals surface area contributed by atoms with Crippen molar-refractivity contribution in [1.29, 1.82) is 0 Å². The van der Waals surface area contributed by atoms with Gasteiger partial charge in [-0.1, -0.05) is 42.5 Å². The van der Waals surface area contributed by atoms with E-state index >= 15 is 0 Å². The van der Waals surface area contributed by atoms with Crippen LogP contribution in [0.1, 0.15) is 27.4 Å². The maximum Gasteiger partial charge on any atom is 0.359 e. The Morgan fingerprint density at radius 3 is 2.71 bits per heavy atom. The number of carbonyl (C=O) groups excluding carboxylic acids is 1. The summed E-state index contributed by atoms with van der Waals surface area (Å²) in [5.41, 5.74) is 3.11. The minimum atomic E-state index is -0.472. The van der Waals surface area contributed by atoms with Crippen molar-refractivity contribution in [3.05, 3.63) is 102 Å². The van der Waals surface area contributed by atoms with Crippen molar-refractivity contribution >= 4 is 11.7 Å². The summed E-state index contributed by atoms with van der Waals surface area (Å²) in [4.78, 5) is 18.0. The van der Waals surface area contributed by atoms with Crippen molar-refractivity contribution in [2.45, 2.75) is 25.8 Å². The van der Waals surface area contributed by atoms with Gasteiger partial charge in [0, 0.05) is 12.0 Å². The third-order valence-electron chi connectivity index (χ3n) is 5.54. The van der Waals surface area contributed by atoms with Crippen LogP contribution in [-0.4, -0.2) is 16.9 Å². The van der Waals surface area contributed by atoms with E-state index in [0.717, 1.165) is 11.3 Å². The molecule has 5 rings (SSSR count). The van der Waals surface area contributed by atoms with Crippen LogP contribution in [0.4, 0.5) is 10.2 Å². The maximum atomic E-state index is 14.9. The number of furan rings is 1. The fourth-order valence-electron chi connectivity index (χ4n) is 3.93. The van der Waals surface area contributed by atoms with Crippen molar-refractivity contribution < 1.29 is 18.2 Å². The lowest BCUT2D eigenvalue weighted by atomic mass is 10.1. The highest BCUT2D eigenvalue weighted by Crippen LogP contribution is 2.27. The molecule has 2 aromatic heterocycles. The standard InChI is InChI=1S/C25H20FN3O2/c1-16-7-5-11-19(23(16)26)22-15-29-24(20(27-22)13-17-8-3-2-4-9-17)28-21(25(29)30)14-18-10-6-12-31-18/h2-12,15,21H,13-14H2,1H3/p+1. The van der Waals surface area contributed by atoms with Gasteiger partial charge < -0.3 is 4.42 Å². The predicted molar refractivity (Wildman–Crippen MR) is 114 cm³/mol. The number of halogens is 1. The van der Waals surface area contributed by atoms with E-state index in [0.29, 0.717) is 41.2 Å². The summed E-state index contributed by atoms with van der Waals surface area (Å²) >= 11 is 0. The molecule has 154 valence electrons. The second-order valence-corrected chi connectivity index (χ2v) is 7.71. The van der Waals surface area contributed by atoms with E-state index in [2.05, 4.69) is 5.32 Å². The van der Waals surface area contributed by atoms with Crippen molar-refractivity contribution in [3.8, 4) is 11.3 Å². The molecule has 0 saturated heterocycles. The smallest absolute Gasteiger partial charge is 0.359 e. The summed E-state index contributed by atoms with van der Waals surface area (Å²) in [5.74, 6) is 0.924. The highest BCUT2D eigenvalue weighted by molar-refractivity contribution is 5.82. The summed E-state index contributed by atoms with van der Waals surface area (Å²) in [6.45, 7) is 1.72. The predicted octanol–water partition coefficient (Wildman–Crippen LogP) is 4.34. The third-order valence-corrected chi connectivity index (χ3v) is 5.54. The Kier molecular flexibility index (Phi) is 4.82. The van der Waals surface area contributed by atoms with Crippen molar-refractivity contribution in [2.24, 2.45) is 0 Å². The number of nitrogens with one attached hydrogen (secondary N) is 1. The lowest BCUT2D eigenvalue weighted by molar-refractivity contribution is -0.552. The van der Waals surface area contributed by atoms with E-state index < -0.39 is 6.04 Å². The second-order valence-electron chi connectivity index (χ2n) is 7.71. The Bertz CT molecular complexity index is 1250. The highest BCUT2D eigenvalue weighted by atomic mass is 19.1. The maximum absolute atomic E-state index is 14.9. The zero-order valence-corrected chi connectivity index (χ0v) is 17.0. The van der Waals surface area contributed by atoms with Crippen LogP contribution in [0.5, 0.6) is 0 Å². The van der Waals surface area contributed by atoms with E-state index in [1.54, 1.807) is 48.2 Å². The molecule has 5 nitrogen and oxygen atoms in total. The van der Waals surface area contributed by atoms with Gasteiger partial charge in [-0.05, 0) is 36.2 Å². The quantitative estimate of drug-likeness (QED) is 0.494. The van der Waals surface area contributed by atoms with Crippen LogP contribution in [0, 0.1) is 12.7 Å². The van der Waals surface area contributed by atoms with Crippen LogP contribution in [0.3, 0.4) is 0 Å². The lowest BCUT2D eigenvalue weighted by Gasteiger charge is -2.08. The molecule has 0 bridgehead atoms. The van der Waals surface area contributed by atoms with Gasteiger partial charge in [0.15, 0.2) is 0 Å². The SMILES string of the molecule is Cc1cccc(-c2c[n+]3c(c(Cc4ccccc4)n2)NC(Cc2ccco2)C3=O)c1F. The number of fused-ring (bicyclic) bond motifs is 1. The summed E-state index contributed by atoms with van der Waals surface area (Å²) in [5, 5.41) is 3.31. The zero-order chi connectivity index (χ0) is 21.4. The topological polar surface area (TPSA) is 59.0 Å². The molecule has 1 aliphatic heterocycles. The third kappa shape index (κ3) is 3.61. The molecule has 0 spiro atoms. The first kappa shape index (κ1) is 19.2. The Labute approximate surface area is 179 Å². The Morgan fingerprint density at radius 1 is 1.10 bits per heavy atom. The van der Waals surface area contributed by atoms with Crippen LogP contribution in [-0.2, 0) is 12.8 Å². The molecule has 1 atom stereocenters. The first-order valence-electron chi connectivity index (χ1n) is 10.2. The van der Waals surface area contributed by atoms with Crippen LogP contribution in [0.15, 0.2) is 77.5 Å². The molecule has 1 aliphatic rings. The molecule has 0 amide bonds. The van der Waals surface area contributed by atoms with E-state index in [9.17, 15) is 9.18 Å². The van der Waals surface area contributed by atoms with Gasteiger partial charge in [0.05, 0.1) is 12.7 Å². The molecular formula is C25H21FN3O2+. The van der Waals surface area contributed by atoms with Gasteiger partial charge in [0.1, 0.15) is 29.2 Å². The van der Waals surface area contributed by atoms with Gasteiger partial charge in [0.2, 0.25) is 6.04 Å². The number of aryl methyl sites for hydroxylation is 1. The second kappa shape index (κ2) is 7.80. The van der Waals surface area contributed by atoms with Gasteiger partial charge in [-0.25, -0.2) is 14.2 Å². The Balaban J connectivity index is 1.60. The molecule has 2 aromatic carbocycles. The molecule has 3 heterocycles. The molecule has 0 radical (unpaired) electrons. The van der Waals surface area contributed by atoms with Crippen molar-refractivity contribution in [1.82, 2.24) is 4.98 Å². The number of aromatic nitrogens is 2. The molecule has 0 aliphatic carbocycles. The average molecular weight is 414 g/mol. The van der Waals surface area contributed by atoms with Gasteiger partial charge >= 0.3 is 11.7 Å². The minimum Gasteiger partial charge on any atom is -0.469 e. The molecular weight excluding hydrogens is 393 g/mol. The van der Waals surface area contributed by atoms with Crippen molar-refractivity contribution in [3.63, 3.8) is 0 Å². The highest BCUT2D eigenvalue weighted by Gasteiger charge is 2.41. The lowest BCUT2D eigenvalue weighted by Crippen LogP contribution is -2.44. The number of rotatable bonds is 5. The average Bonchev–Trinajstić information content (AvgIpc) is 3.40. The summed E-state index contributed by atoms with van der Waals surface area (Å²) in [7, 11) is 0. The van der Waals surface area contributed by atoms with E-state index in [1.165, 1.54) is 0 Å². The van der Waals surface area contributed by atoms with Crippen LogP contribution >= 0.6 is 0 Å². The fraction of sp³-hybridized carbons (Fsp3) is 0.160. The van der Waals surface area contributed by atoms with Crippen molar-refractivity contribution in [2.75, 3.05) is 5.32 Å². The molecule has 1 unspecified atom stereocenters. The fourth-order valence-corrected chi connectivity index (χ4v) is 3.93. The number of hydrogen-bond acceptors (Lipinski definition) is 4. The van der Waals surface area contributed by atoms with Crippen LogP contribution < -0.4 is 9.88 Å². The normalized spacial score (nSPS) is 15.0. The Morgan fingerprint density at radius 2 is 1.94 bits per heavy atom. The summed E-state index contributed by atoms with van der Waals surface area (Å²) < 4.78 is 21.9. The molecule has 6 heteroatoms. The molecule has 0 fully saturated rings. The molecule has 31 heavy (non-hydrogen) atoms. The van der Waals surface area contributed by atoms with Gasteiger partial charge in [-0.15, -0.1) is 0 Å². The number of hydrogen-bond donors (Lipinski definition) is 1. The van der Waals surface area contributed by atoms with Crippen LogP contribution in [0.25, 0.3) is 11.3 Å². The first-order chi connectivity index (χ1) is 15.1. The van der Waals surface area contributed by atoms with Crippen LogP contribution in [0.2, 0.25) is 0 Å². The van der Waals surface area contributed by atoms with Gasteiger partial charge in [-0.3, -0.25) is 5.32 Å².